The maximum absolute atomic E-state index is 12.9. The summed E-state index contributed by atoms with van der Waals surface area (Å²) in [6, 6.07) is 0. The van der Waals surface area contributed by atoms with Crippen molar-refractivity contribution in [1.82, 2.24) is 0 Å². The highest BCUT2D eigenvalue weighted by molar-refractivity contribution is 5.71. The van der Waals surface area contributed by atoms with Crippen molar-refractivity contribution in [3.63, 3.8) is 0 Å². The largest absolute Gasteiger partial charge is 0.462 e. The van der Waals surface area contributed by atoms with Crippen LogP contribution in [-0.4, -0.2) is 37.2 Å². The normalized spacial score (nSPS) is 12.6. The third-order valence-electron chi connectivity index (χ3n) is 12.9. The quantitative estimate of drug-likeness (QED) is 0.0261. The highest BCUT2D eigenvalue weighted by atomic mass is 16.6. The molecule has 0 bridgehead atoms. The van der Waals surface area contributed by atoms with Gasteiger partial charge in [0.1, 0.15) is 13.2 Å². The van der Waals surface area contributed by atoms with Gasteiger partial charge in [0.25, 0.3) is 0 Å². The van der Waals surface area contributed by atoms with E-state index in [2.05, 4.69) is 93.7 Å². The summed E-state index contributed by atoms with van der Waals surface area (Å²) >= 11 is 0. The van der Waals surface area contributed by atoms with E-state index in [0.29, 0.717) is 19.3 Å². The van der Waals surface area contributed by atoms with Crippen LogP contribution < -0.4 is 0 Å². The lowest BCUT2D eigenvalue weighted by Crippen LogP contribution is -2.30. The summed E-state index contributed by atoms with van der Waals surface area (Å²) in [5, 5.41) is 0. The van der Waals surface area contributed by atoms with Crippen LogP contribution in [-0.2, 0) is 28.6 Å². The lowest BCUT2D eigenvalue weighted by Gasteiger charge is -2.18. The fraction of sp³-hybridized carbons (Fsp3) is 0.766. The van der Waals surface area contributed by atoms with Crippen LogP contribution in [0.2, 0.25) is 0 Å². The Hall–Kier alpha value is -3.15. The number of rotatable bonds is 54. The molecule has 0 heterocycles. The average Bonchev–Trinajstić information content (AvgIpc) is 3.36. The lowest BCUT2D eigenvalue weighted by atomic mass is 10.0. The van der Waals surface area contributed by atoms with Gasteiger partial charge in [-0.25, -0.2) is 0 Å². The molecule has 0 fully saturated rings. The predicted molar refractivity (Wildman–Crippen MR) is 302 cm³/mol. The summed E-state index contributed by atoms with van der Waals surface area (Å²) in [7, 11) is 0. The lowest BCUT2D eigenvalue weighted by molar-refractivity contribution is -0.167. The molecule has 6 nitrogen and oxygen atoms in total. The van der Waals surface area contributed by atoms with Gasteiger partial charge in [-0.15, -0.1) is 0 Å². The first-order chi connectivity index (χ1) is 34.5. The molecular weight excluding hydrogens is 865 g/mol. The van der Waals surface area contributed by atoms with Gasteiger partial charge in [0.05, 0.1) is 0 Å². The van der Waals surface area contributed by atoms with Gasteiger partial charge in [-0.3, -0.25) is 14.4 Å². The molecule has 0 aromatic carbocycles. The number of hydrogen-bond donors (Lipinski definition) is 0. The summed E-state index contributed by atoms with van der Waals surface area (Å²) < 4.78 is 16.9. The number of allylic oxidation sites excluding steroid dienone is 12. The van der Waals surface area contributed by atoms with Crippen LogP contribution >= 0.6 is 0 Å². The van der Waals surface area contributed by atoms with Crippen molar-refractivity contribution < 1.29 is 28.6 Å². The highest BCUT2D eigenvalue weighted by Crippen LogP contribution is 2.16. The monoisotopic (exact) mass is 977 g/mol. The van der Waals surface area contributed by atoms with Gasteiger partial charge in [0.15, 0.2) is 6.10 Å². The second-order valence-electron chi connectivity index (χ2n) is 19.9. The molecule has 6 heteroatoms. The van der Waals surface area contributed by atoms with Crippen LogP contribution in [0.5, 0.6) is 0 Å². The Bertz CT molecular complexity index is 1310. The van der Waals surface area contributed by atoms with Gasteiger partial charge in [0.2, 0.25) is 0 Å². The molecule has 0 saturated carbocycles. The molecule has 1 atom stereocenters. The molecule has 1 unspecified atom stereocenters. The van der Waals surface area contributed by atoms with Crippen molar-refractivity contribution in [3.05, 3.63) is 72.9 Å². The third kappa shape index (κ3) is 55.8. The van der Waals surface area contributed by atoms with Gasteiger partial charge in [-0.2, -0.15) is 0 Å². The minimum absolute atomic E-state index is 0.0943. The first kappa shape index (κ1) is 66.9. The standard InChI is InChI=1S/C64H112O6/c1-4-7-10-13-16-19-22-25-28-31-32-34-36-39-42-45-48-51-54-57-63(66)69-60-61(59-68-62(65)56-53-50-47-44-41-38-35-30-27-24-21-18-15-12-9-6-3)70-64(67)58-55-52-49-46-43-40-37-33-29-26-23-20-17-14-11-8-5-2/h7,10,16,19,25-26,28-29,37,40,46,49,61H,4-6,8-9,11-15,17-18,20-24,27,30-36,38-39,41-45,47-48,50-60H2,1-3H3/b10-7-,19-16-,28-25-,29-26-,40-37-,49-46-. The Morgan fingerprint density at radius 1 is 0.300 bits per heavy atom. The Morgan fingerprint density at radius 3 is 0.914 bits per heavy atom. The molecule has 0 aromatic heterocycles. The summed E-state index contributed by atoms with van der Waals surface area (Å²) in [4.78, 5) is 38.2. The smallest absolute Gasteiger partial charge is 0.306 e. The fourth-order valence-electron chi connectivity index (χ4n) is 8.47. The van der Waals surface area contributed by atoms with E-state index in [1.54, 1.807) is 0 Å². The van der Waals surface area contributed by atoms with Crippen molar-refractivity contribution in [3.8, 4) is 0 Å². The number of ether oxygens (including phenoxy) is 3. The minimum atomic E-state index is -0.803. The number of esters is 3. The molecule has 0 aliphatic heterocycles. The van der Waals surface area contributed by atoms with Crippen LogP contribution in [0.4, 0.5) is 0 Å². The molecule has 0 aliphatic carbocycles. The van der Waals surface area contributed by atoms with Gasteiger partial charge in [-0.1, -0.05) is 267 Å². The predicted octanol–water partition coefficient (Wildman–Crippen LogP) is 20.2. The van der Waals surface area contributed by atoms with Crippen LogP contribution in [0, 0.1) is 0 Å². The van der Waals surface area contributed by atoms with E-state index in [1.165, 1.54) is 173 Å². The highest BCUT2D eigenvalue weighted by Gasteiger charge is 2.19. The number of hydrogen-bond acceptors (Lipinski definition) is 6. The SMILES string of the molecule is CC/C=C\C/C=C\C/C=C\CCCCCCCCCCCC(=O)OCC(COC(=O)CCCCCCCCCCCCCCCCCC)OC(=O)CCC/C=C\C/C=C\C/C=C\CCCCCCCC. The molecule has 0 radical (unpaired) electrons. The van der Waals surface area contributed by atoms with E-state index in [-0.39, 0.29) is 37.5 Å². The molecule has 70 heavy (non-hydrogen) atoms. The fourth-order valence-corrected chi connectivity index (χ4v) is 8.47. The summed E-state index contributed by atoms with van der Waals surface area (Å²) in [5.41, 5.74) is 0. The molecule has 0 aromatic rings. The molecule has 0 saturated heterocycles. The first-order valence-corrected chi connectivity index (χ1v) is 29.9. The zero-order valence-corrected chi connectivity index (χ0v) is 46.3. The Labute approximate surface area is 433 Å². The Morgan fingerprint density at radius 2 is 0.571 bits per heavy atom. The molecule has 0 rings (SSSR count). The second kappa shape index (κ2) is 58.4. The van der Waals surface area contributed by atoms with E-state index in [9.17, 15) is 14.4 Å². The summed E-state index contributed by atoms with van der Waals surface area (Å²) in [6.07, 6.45) is 74.7. The van der Waals surface area contributed by atoms with Crippen molar-refractivity contribution in [1.29, 1.82) is 0 Å². The summed E-state index contributed by atoms with van der Waals surface area (Å²) in [6.45, 7) is 6.51. The first-order valence-electron chi connectivity index (χ1n) is 29.9. The van der Waals surface area contributed by atoms with E-state index in [0.717, 1.165) is 77.0 Å². The van der Waals surface area contributed by atoms with Crippen LogP contribution in [0.1, 0.15) is 297 Å². The molecular formula is C64H112O6. The maximum Gasteiger partial charge on any atom is 0.306 e. The van der Waals surface area contributed by atoms with Gasteiger partial charge >= 0.3 is 17.9 Å². The van der Waals surface area contributed by atoms with Crippen LogP contribution in [0.15, 0.2) is 72.9 Å². The molecule has 0 N–H and O–H groups in total. The Kier molecular flexibility index (Phi) is 55.8. The van der Waals surface area contributed by atoms with Crippen molar-refractivity contribution in [2.75, 3.05) is 13.2 Å². The van der Waals surface area contributed by atoms with Crippen molar-refractivity contribution >= 4 is 17.9 Å². The number of unbranched alkanes of at least 4 members (excludes halogenated alkanes) is 31. The molecule has 404 valence electrons. The molecule has 0 amide bonds. The van der Waals surface area contributed by atoms with E-state index in [1.807, 2.05) is 0 Å². The molecule has 0 spiro atoms. The van der Waals surface area contributed by atoms with Crippen LogP contribution in [0.3, 0.4) is 0 Å². The maximum atomic E-state index is 12.9. The summed E-state index contributed by atoms with van der Waals surface area (Å²) in [5.74, 6) is -0.941. The van der Waals surface area contributed by atoms with Crippen molar-refractivity contribution in [2.45, 2.75) is 303 Å². The van der Waals surface area contributed by atoms with Crippen LogP contribution in [0.25, 0.3) is 0 Å². The van der Waals surface area contributed by atoms with Gasteiger partial charge < -0.3 is 14.2 Å². The topological polar surface area (TPSA) is 78.9 Å². The average molecular weight is 978 g/mol. The second-order valence-corrected chi connectivity index (χ2v) is 19.9. The van der Waals surface area contributed by atoms with Gasteiger partial charge in [-0.05, 0) is 83.5 Å². The van der Waals surface area contributed by atoms with E-state index < -0.39 is 6.10 Å². The number of carbonyl (C=O) groups excluding carboxylic acids is 3. The zero-order valence-electron chi connectivity index (χ0n) is 46.3. The van der Waals surface area contributed by atoms with E-state index >= 15 is 0 Å². The molecule has 0 aliphatic rings. The minimum Gasteiger partial charge on any atom is -0.462 e. The Balaban J connectivity index is 4.43. The zero-order chi connectivity index (χ0) is 50.7. The number of carbonyl (C=O) groups is 3. The van der Waals surface area contributed by atoms with Gasteiger partial charge in [0, 0.05) is 19.3 Å². The van der Waals surface area contributed by atoms with Crippen molar-refractivity contribution in [2.24, 2.45) is 0 Å². The van der Waals surface area contributed by atoms with E-state index in [4.69, 9.17) is 14.2 Å². The third-order valence-corrected chi connectivity index (χ3v) is 12.9.